The van der Waals surface area contributed by atoms with E-state index in [0.29, 0.717) is 5.28 Å². The number of carbonyl (C=O) groups is 1. The maximum absolute atomic E-state index is 12.1. The first-order valence-corrected chi connectivity index (χ1v) is 13.6. The first-order valence-electron chi connectivity index (χ1n) is 11.1. The summed E-state index contributed by atoms with van der Waals surface area (Å²) >= 11 is 10.1. The van der Waals surface area contributed by atoms with E-state index in [4.69, 9.17) is 16.3 Å². The molecule has 15 heteroatoms. The molecule has 0 saturated carbocycles. The summed E-state index contributed by atoms with van der Waals surface area (Å²) in [5.41, 5.74) is 0.775. The van der Waals surface area contributed by atoms with E-state index in [9.17, 15) is 4.79 Å². The molecule has 1 aliphatic heterocycles. The lowest BCUT2D eigenvalue weighted by atomic mass is 9.90. The smallest absolute Gasteiger partial charge is 0.408 e. The number of carbonyl (C=O) groups excluding carboxylic acids is 1. The van der Waals surface area contributed by atoms with E-state index in [1.54, 1.807) is 16.9 Å². The summed E-state index contributed by atoms with van der Waals surface area (Å²) in [7, 11) is 0. The lowest BCUT2D eigenvalue weighted by Gasteiger charge is -2.40. The number of nitrogens with one attached hydrogen (secondary N) is 1. The Morgan fingerprint density at radius 1 is 1.03 bits per heavy atom. The van der Waals surface area contributed by atoms with Gasteiger partial charge in [0.25, 0.3) is 0 Å². The largest absolute Gasteiger partial charge is 0.444 e. The summed E-state index contributed by atoms with van der Waals surface area (Å²) < 4.78 is 10.8. The van der Waals surface area contributed by atoms with Gasteiger partial charge in [-0.3, -0.25) is 8.80 Å². The van der Waals surface area contributed by atoms with Gasteiger partial charge in [-0.1, -0.05) is 0 Å². The molecule has 12 nitrogen and oxygen atoms in total. The van der Waals surface area contributed by atoms with E-state index in [1.165, 1.54) is 6.33 Å². The van der Waals surface area contributed by atoms with Crippen LogP contribution < -0.4 is 10.2 Å². The molecule has 0 atom stereocenters. The average molecular weight is 739 g/mol. The highest BCUT2D eigenvalue weighted by Gasteiger charge is 2.34. The molecule has 5 heterocycles. The monoisotopic (exact) mass is 738 g/mol. The number of anilines is 1. The first kappa shape index (κ1) is 27.0. The van der Waals surface area contributed by atoms with Crippen molar-refractivity contribution < 1.29 is 9.53 Å². The Bertz CT molecular complexity index is 1340. The molecule has 1 fully saturated rings. The van der Waals surface area contributed by atoms with Crippen molar-refractivity contribution in [2.45, 2.75) is 51.7 Å². The second-order valence-corrected chi connectivity index (χ2v) is 12.2. The van der Waals surface area contributed by atoms with Gasteiger partial charge < -0.3 is 15.0 Å². The molecule has 5 rings (SSSR count). The van der Waals surface area contributed by atoms with Gasteiger partial charge >= 0.3 is 6.09 Å². The molecule has 4 aromatic heterocycles. The van der Waals surface area contributed by atoms with Crippen molar-refractivity contribution in [3.05, 3.63) is 37.5 Å². The third-order valence-electron chi connectivity index (χ3n) is 5.47. The number of amides is 1. The minimum Gasteiger partial charge on any atom is -0.444 e. The van der Waals surface area contributed by atoms with Crippen LogP contribution in [0.4, 0.5) is 10.7 Å². The second-order valence-electron chi connectivity index (χ2n) is 9.51. The Morgan fingerprint density at radius 3 is 2.17 bits per heavy atom. The third kappa shape index (κ3) is 6.24. The molecule has 192 valence electrons. The highest BCUT2D eigenvalue weighted by molar-refractivity contribution is 14.1. The summed E-state index contributed by atoms with van der Waals surface area (Å²) in [5, 5.41) is 19.1. The Labute approximate surface area is 239 Å². The van der Waals surface area contributed by atoms with Crippen LogP contribution in [0.25, 0.3) is 11.3 Å². The summed E-state index contributed by atoms with van der Waals surface area (Å²) in [5.74, 6) is 0.833. The predicted molar refractivity (Wildman–Crippen MR) is 151 cm³/mol. The molecule has 0 bridgehead atoms. The number of piperidine rings is 1. The van der Waals surface area contributed by atoms with Crippen LogP contribution in [0.5, 0.6) is 0 Å². The topological polar surface area (TPSA) is 128 Å². The molecular weight excluding hydrogens is 714 g/mol. The fourth-order valence-corrected chi connectivity index (χ4v) is 4.84. The summed E-state index contributed by atoms with van der Waals surface area (Å²) in [6.07, 6.45) is 7.95. The maximum Gasteiger partial charge on any atom is 0.408 e. The van der Waals surface area contributed by atoms with Crippen molar-refractivity contribution in [3.8, 4) is 0 Å². The zero-order chi connectivity index (χ0) is 26.1. The lowest BCUT2D eigenvalue weighted by Crippen LogP contribution is -2.54. The Hall–Kier alpha value is -2.08. The van der Waals surface area contributed by atoms with E-state index in [-0.39, 0.29) is 11.6 Å². The molecular formula is C21H25ClI2N10O2. The fourth-order valence-electron chi connectivity index (χ4n) is 3.65. The van der Waals surface area contributed by atoms with Crippen LogP contribution in [0.2, 0.25) is 5.28 Å². The highest BCUT2D eigenvalue weighted by atomic mass is 127. The molecule has 0 unspecified atom stereocenters. The summed E-state index contributed by atoms with van der Waals surface area (Å²) in [6, 6.07) is 0. The SMILES string of the molecule is CC1(NC(=O)OC(C)(C)C)CCN(c2ncc(I)c3nncn23)CC1.Clc1ncc(I)c2nncn12. The summed E-state index contributed by atoms with van der Waals surface area (Å²) in [4.78, 5) is 22.7. The Kier molecular flexibility index (Phi) is 8.04. The fraction of sp³-hybridized carbons (Fsp3) is 0.476. The quantitative estimate of drug-likeness (QED) is 0.240. The Balaban J connectivity index is 0.000000229. The molecule has 1 N–H and O–H groups in total. The van der Waals surface area contributed by atoms with Gasteiger partial charge in [-0.25, -0.2) is 14.8 Å². The van der Waals surface area contributed by atoms with Crippen molar-refractivity contribution in [3.63, 3.8) is 0 Å². The highest BCUT2D eigenvalue weighted by Crippen LogP contribution is 2.26. The van der Waals surface area contributed by atoms with Gasteiger partial charge in [-0.05, 0) is 97.3 Å². The van der Waals surface area contributed by atoms with E-state index in [1.807, 2.05) is 31.4 Å². The number of aromatic nitrogens is 8. The standard InChI is InChI=1S/C16H23IN6O2.C5H2ClIN4/c1-15(2,3)25-14(24)20-16(4)5-7-22(8-6-16)13-18-9-11(17)12-21-19-10-23(12)13;6-5-8-1-3(7)4-10-9-2-11(4)5/h9-10H,5-8H2,1-4H3,(H,20,24);1-2H. The number of halogens is 3. The maximum atomic E-state index is 12.1. The number of hydrogen-bond donors (Lipinski definition) is 1. The normalized spacial score (nSPS) is 15.5. The zero-order valence-electron chi connectivity index (χ0n) is 20.1. The minimum absolute atomic E-state index is 0.283. The molecule has 1 amide bonds. The van der Waals surface area contributed by atoms with Crippen LogP contribution in [-0.2, 0) is 4.74 Å². The van der Waals surface area contributed by atoms with Crippen LogP contribution in [0.3, 0.4) is 0 Å². The number of hydrogen-bond acceptors (Lipinski definition) is 9. The van der Waals surface area contributed by atoms with Crippen LogP contribution in [-0.4, -0.2) is 69.5 Å². The molecule has 0 aliphatic carbocycles. The zero-order valence-corrected chi connectivity index (χ0v) is 25.2. The van der Waals surface area contributed by atoms with E-state index in [2.05, 4.69) is 92.7 Å². The predicted octanol–water partition coefficient (Wildman–Crippen LogP) is 3.99. The van der Waals surface area contributed by atoms with Crippen molar-refractivity contribution in [1.29, 1.82) is 0 Å². The molecule has 1 aliphatic rings. The number of rotatable bonds is 2. The van der Waals surface area contributed by atoms with Gasteiger partial charge in [-0.15, -0.1) is 20.4 Å². The van der Waals surface area contributed by atoms with Gasteiger partial charge in [0.1, 0.15) is 18.3 Å². The average Bonchev–Trinajstić information content (AvgIpc) is 3.48. The van der Waals surface area contributed by atoms with Crippen LogP contribution in [0.15, 0.2) is 25.0 Å². The van der Waals surface area contributed by atoms with Crippen LogP contribution in [0, 0.1) is 7.14 Å². The van der Waals surface area contributed by atoms with Crippen molar-refractivity contribution in [2.24, 2.45) is 0 Å². The van der Waals surface area contributed by atoms with E-state index >= 15 is 0 Å². The molecule has 1 saturated heterocycles. The first-order chi connectivity index (χ1) is 17.0. The van der Waals surface area contributed by atoms with Gasteiger partial charge in [0.15, 0.2) is 11.3 Å². The summed E-state index contributed by atoms with van der Waals surface area (Å²) in [6.45, 7) is 9.23. The number of ether oxygens (including phenoxy) is 1. The van der Waals surface area contributed by atoms with Gasteiger partial charge in [0.05, 0.1) is 7.14 Å². The molecule has 36 heavy (non-hydrogen) atoms. The van der Waals surface area contributed by atoms with Gasteiger partial charge in [-0.2, -0.15) is 0 Å². The van der Waals surface area contributed by atoms with Gasteiger partial charge in [0, 0.05) is 31.0 Å². The molecule has 0 aromatic carbocycles. The number of alkyl carbamates (subject to hydrolysis) is 1. The molecule has 0 radical (unpaired) electrons. The van der Waals surface area contributed by atoms with E-state index in [0.717, 1.165) is 50.3 Å². The number of nitrogens with zero attached hydrogens (tertiary/aromatic N) is 9. The molecule has 4 aromatic rings. The van der Waals surface area contributed by atoms with Crippen LogP contribution >= 0.6 is 56.8 Å². The third-order valence-corrected chi connectivity index (χ3v) is 7.27. The Morgan fingerprint density at radius 2 is 1.58 bits per heavy atom. The van der Waals surface area contributed by atoms with Crippen LogP contribution in [0.1, 0.15) is 40.5 Å². The number of fused-ring (bicyclic) bond motifs is 2. The molecule has 0 spiro atoms. The van der Waals surface area contributed by atoms with Crippen molar-refractivity contribution in [1.82, 2.24) is 44.5 Å². The van der Waals surface area contributed by atoms with Gasteiger partial charge in [0.2, 0.25) is 11.2 Å². The van der Waals surface area contributed by atoms with Crippen molar-refractivity contribution >= 4 is 80.1 Å². The second kappa shape index (κ2) is 10.7. The lowest BCUT2D eigenvalue weighted by molar-refractivity contribution is 0.0448. The van der Waals surface area contributed by atoms with Crippen molar-refractivity contribution in [2.75, 3.05) is 18.0 Å². The van der Waals surface area contributed by atoms with E-state index < -0.39 is 5.60 Å². The minimum atomic E-state index is -0.494.